The first-order chi connectivity index (χ1) is 12.1. The van der Waals surface area contributed by atoms with Crippen molar-refractivity contribution in [2.75, 3.05) is 39.4 Å². The molecule has 3 fully saturated rings. The minimum Gasteiger partial charge on any atom is -0.381 e. The van der Waals surface area contributed by atoms with Crippen LogP contribution in [-0.4, -0.2) is 61.0 Å². The molecule has 3 rings (SSSR count). The fraction of sp³-hybridized carbons (Fsp3) is 0.800. The van der Waals surface area contributed by atoms with Crippen LogP contribution in [0.25, 0.3) is 0 Å². The normalized spacial score (nSPS) is 24.6. The van der Waals surface area contributed by atoms with Gasteiger partial charge in [0, 0.05) is 45.8 Å². The zero-order valence-electron chi connectivity index (χ0n) is 15.4. The molecule has 0 atom stereocenters. The molecule has 0 unspecified atom stereocenters. The lowest BCUT2D eigenvalue weighted by Crippen LogP contribution is -2.55. The number of ether oxygens (including phenoxy) is 1. The molecule has 5 heteroatoms. The van der Waals surface area contributed by atoms with Crippen molar-refractivity contribution in [3.63, 3.8) is 0 Å². The molecule has 0 aliphatic carbocycles. The van der Waals surface area contributed by atoms with Crippen molar-refractivity contribution in [1.29, 1.82) is 0 Å². The van der Waals surface area contributed by atoms with Gasteiger partial charge in [-0.25, -0.2) is 0 Å². The maximum atomic E-state index is 13.2. The number of nitrogens with zero attached hydrogens (tertiary/aromatic N) is 2. The molecule has 3 heterocycles. The van der Waals surface area contributed by atoms with Crippen LogP contribution in [0.5, 0.6) is 0 Å². The summed E-state index contributed by atoms with van der Waals surface area (Å²) < 4.78 is 5.44. The Hall–Kier alpha value is -1.36. The van der Waals surface area contributed by atoms with Crippen LogP contribution >= 0.6 is 0 Å². The lowest BCUT2D eigenvalue weighted by molar-refractivity contribution is -0.153. The molecular weight excluding hydrogens is 316 g/mol. The van der Waals surface area contributed by atoms with E-state index in [4.69, 9.17) is 4.74 Å². The molecule has 0 aromatic rings. The van der Waals surface area contributed by atoms with Gasteiger partial charge in [-0.05, 0) is 50.9 Å². The third-order valence-electron chi connectivity index (χ3n) is 6.28. The summed E-state index contributed by atoms with van der Waals surface area (Å²) in [5, 5.41) is 0. The lowest BCUT2D eigenvalue weighted by atomic mass is 9.71. The summed E-state index contributed by atoms with van der Waals surface area (Å²) in [4.78, 5) is 29.5. The molecule has 25 heavy (non-hydrogen) atoms. The number of rotatable bonds is 5. The first kappa shape index (κ1) is 18.4. The average molecular weight is 348 g/mol. The van der Waals surface area contributed by atoms with Crippen molar-refractivity contribution < 1.29 is 14.3 Å². The van der Waals surface area contributed by atoms with Crippen LogP contribution in [0.3, 0.4) is 0 Å². The zero-order valence-corrected chi connectivity index (χ0v) is 15.4. The summed E-state index contributed by atoms with van der Waals surface area (Å²) >= 11 is 0. The van der Waals surface area contributed by atoms with E-state index in [0.29, 0.717) is 18.2 Å². The van der Waals surface area contributed by atoms with Crippen molar-refractivity contribution in [3.05, 3.63) is 12.7 Å². The first-order valence-corrected chi connectivity index (χ1v) is 9.90. The van der Waals surface area contributed by atoms with E-state index in [-0.39, 0.29) is 11.3 Å². The Kier molecular flexibility index (Phi) is 6.15. The third-order valence-corrected chi connectivity index (χ3v) is 6.28. The van der Waals surface area contributed by atoms with Crippen molar-refractivity contribution in [3.8, 4) is 0 Å². The van der Waals surface area contributed by atoms with Gasteiger partial charge in [-0.15, -0.1) is 6.58 Å². The van der Waals surface area contributed by atoms with E-state index in [1.54, 1.807) is 6.08 Å². The zero-order chi connectivity index (χ0) is 17.7. The highest BCUT2D eigenvalue weighted by Gasteiger charge is 2.46. The molecule has 0 N–H and O–H groups in total. The minimum absolute atomic E-state index is 0.206. The topological polar surface area (TPSA) is 49.9 Å². The van der Waals surface area contributed by atoms with Crippen molar-refractivity contribution in [1.82, 2.24) is 9.80 Å². The monoisotopic (exact) mass is 348 g/mol. The molecule has 1 spiro atoms. The molecule has 0 radical (unpaired) electrons. The standard InChI is InChI=1S/C20H32N2O3/c1-2-3-5-18(23)21-12-9-20(10-13-21)8-4-11-22(19(20)24)16-17-6-14-25-15-7-17/h2,17H,1,3-16H2. The number of hydrogen-bond donors (Lipinski definition) is 0. The van der Waals surface area contributed by atoms with Crippen LogP contribution < -0.4 is 0 Å². The van der Waals surface area contributed by atoms with Crippen LogP contribution in [0.2, 0.25) is 0 Å². The molecular formula is C20H32N2O3. The van der Waals surface area contributed by atoms with Gasteiger partial charge in [0.05, 0.1) is 5.41 Å². The fourth-order valence-corrected chi connectivity index (χ4v) is 4.60. The molecule has 0 saturated carbocycles. The van der Waals surface area contributed by atoms with E-state index in [1.807, 2.05) is 4.90 Å². The van der Waals surface area contributed by atoms with Crippen molar-refractivity contribution in [2.24, 2.45) is 11.3 Å². The average Bonchev–Trinajstić information content (AvgIpc) is 2.65. The van der Waals surface area contributed by atoms with Gasteiger partial charge in [-0.1, -0.05) is 6.08 Å². The van der Waals surface area contributed by atoms with Crippen molar-refractivity contribution in [2.45, 2.75) is 51.4 Å². The van der Waals surface area contributed by atoms with Crippen LogP contribution in [0, 0.1) is 11.3 Å². The molecule has 2 amide bonds. The Morgan fingerprint density at radius 1 is 1.20 bits per heavy atom. The first-order valence-electron chi connectivity index (χ1n) is 9.90. The van der Waals surface area contributed by atoms with Crippen molar-refractivity contribution >= 4 is 11.8 Å². The SMILES string of the molecule is C=CCCC(=O)N1CCC2(CCCN(CC3CCOCC3)C2=O)CC1. The maximum Gasteiger partial charge on any atom is 0.228 e. The Morgan fingerprint density at radius 2 is 1.92 bits per heavy atom. The molecule has 3 aliphatic heterocycles. The van der Waals surface area contributed by atoms with E-state index >= 15 is 0 Å². The van der Waals surface area contributed by atoms with E-state index in [1.165, 1.54) is 0 Å². The number of hydrogen-bond acceptors (Lipinski definition) is 3. The number of likely N-dealkylation sites (tertiary alicyclic amines) is 2. The smallest absolute Gasteiger partial charge is 0.228 e. The fourth-order valence-electron chi connectivity index (χ4n) is 4.60. The predicted octanol–water partition coefficient (Wildman–Crippen LogP) is 2.61. The van der Waals surface area contributed by atoms with E-state index in [2.05, 4.69) is 11.5 Å². The summed E-state index contributed by atoms with van der Waals surface area (Å²) in [6.07, 6.45) is 8.96. The highest BCUT2D eigenvalue weighted by atomic mass is 16.5. The maximum absolute atomic E-state index is 13.2. The van der Waals surface area contributed by atoms with Crippen LogP contribution in [0.1, 0.15) is 51.4 Å². The van der Waals surface area contributed by atoms with Crippen LogP contribution in [-0.2, 0) is 14.3 Å². The summed E-state index contributed by atoms with van der Waals surface area (Å²) in [6.45, 7) is 8.60. The van der Waals surface area contributed by atoms with Gasteiger partial charge in [0.2, 0.25) is 11.8 Å². The second kappa shape index (κ2) is 8.35. The largest absolute Gasteiger partial charge is 0.381 e. The van der Waals surface area contributed by atoms with Gasteiger partial charge in [-0.3, -0.25) is 9.59 Å². The van der Waals surface area contributed by atoms with Gasteiger partial charge >= 0.3 is 0 Å². The number of allylic oxidation sites excluding steroid dienone is 1. The summed E-state index contributed by atoms with van der Waals surface area (Å²) in [6, 6.07) is 0. The Balaban J connectivity index is 1.55. The summed E-state index contributed by atoms with van der Waals surface area (Å²) in [7, 11) is 0. The van der Waals surface area contributed by atoms with Crippen LogP contribution in [0.4, 0.5) is 0 Å². The van der Waals surface area contributed by atoms with Gasteiger partial charge in [0.15, 0.2) is 0 Å². The number of carbonyl (C=O) groups is 2. The second-order valence-corrected chi connectivity index (χ2v) is 7.90. The number of piperidine rings is 2. The quantitative estimate of drug-likeness (QED) is 0.718. The molecule has 140 valence electrons. The third kappa shape index (κ3) is 4.25. The molecule has 5 nitrogen and oxygen atoms in total. The van der Waals surface area contributed by atoms with Gasteiger partial charge < -0.3 is 14.5 Å². The molecule has 0 aromatic carbocycles. The Morgan fingerprint density at radius 3 is 2.60 bits per heavy atom. The molecule has 3 saturated heterocycles. The highest BCUT2D eigenvalue weighted by molar-refractivity contribution is 5.84. The van der Waals surface area contributed by atoms with Gasteiger partial charge in [0.1, 0.15) is 0 Å². The highest BCUT2D eigenvalue weighted by Crippen LogP contribution is 2.41. The number of carbonyl (C=O) groups excluding carboxylic acids is 2. The molecule has 0 aromatic heterocycles. The van der Waals surface area contributed by atoms with Gasteiger partial charge in [0.25, 0.3) is 0 Å². The Labute approximate surface area is 151 Å². The van der Waals surface area contributed by atoms with E-state index in [0.717, 1.165) is 84.3 Å². The van der Waals surface area contributed by atoms with Gasteiger partial charge in [-0.2, -0.15) is 0 Å². The minimum atomic E-state index is -0.210. The predicted molar refractivity (Wildman–Crippen MR) is 97.0 cm³/mol. The summed E-state index contributed by atoms with van der Waals surface area (Å²) in [5.41, 5.74) is -0.210. The molecule has 0 bridgehead atoms. The van der Waals surface area contributed by atoms with Crippen LogP contribution in [0.15, 0.2) is 12.7 Å². The number of amides is 2. The second-order valence-electron chi connectivity index (χ2n) is 7.90. The summed E-state index contributed by atoms with van der Waals surface area (Å²) in [5.74, 6) is 1.15. The Bertz CT molecular complexity index is 491. The molecule has 3 aliphatic rings. The van der Waals surface area contributed by atoms with E-state index < -0.39 is 0 Å². The van der Waals surface area contributed by atoms with E-state index in [9.17, 15) is 9.59 Å². The lowest BCUT2D eigenvalue weighted by Gasteiger charge is -2.47.